The fourth-order valence-corrected chi connectivity index (χ4v) is 5.19. The van der Waals surface area contributed by atoms with Crippen molar-refractivity contribution < 1.29 is 13.2 Å². The molecule has 5 nitrogen and oxygen atoms in total. The van der Waals surface area contributed by atoms with E-state index >= 15 is 0 Å². The highest BCUT2D eigenvalue weighted by atomic mass is 35.5. The van der Waals surface area contributed by atoms with Crippen molar-refractivity contribution in [1.82, 2.24) is 9.80 Å². The molecule has 0 unspecified atom stereocenters. The molecule has 0 aromatic heterocycles. The minimum Gasteiger partial charge on any atom is -0.337 e. The molecule has 1 aliphatic carbocycles. The highest BCUT2D eigenvalue weighted by molar-refractivity contribution is 7.92. The van der Waals surface area contributed by atoms with Crippen LogP contribution in [0, 0.1) is 0 Å². The first-order valence-electron chi connectivity index (χ1n) is 9.16. The van der Waals surface area contributed by atoms with Crippen molar-refractivity contribution in [2.75, 3.05) is 32.9 Å². The molecule has 0 aliphatic heterocycles. The van der Waals surface area contributed by atoms with Crippen LogP contribution < -0.4 is 0 Å². The van der Waals surface area contributed by atoms with Crippen LogP contribution in [0.5, 0.6) is 0 Å². The predicted octanol–water partition coefficient (Wildman–Crippen LogP) is 2.98. The molecule has 1 saturated carbocycles. The van der Waals surface area contributed by atoms with E-state index in [2.05, 4.69) is 0 Å². The quantitative estimate of drug-likeness (QED) is 0.639. The molecule has 0 atom stereocenters. The number of carbonyl (C=O) groups is 1. The zero-order valence-corrected chi connectivity index (χ0v) is 17.2. The Morgan fingerprint density at radius 1 is 1.12 bits per heavy atom. The molecule has 26 heavy (non-hydrogen) atoms. The Morgan fingerprint density at radius 2 is 1.73 bits per heavy atom. The number of carbonyl (C=O) groups excluding carboxylic acids is 1. The Labute approximate surface area is 162 Å². The van der Waals surface area contributed by atoms with Gasteiger partial charge in [-0.05, 0) is 44.6 Å². The number of likely N-dealkylation sites (N-methyl/N-ethyl adjacent to an activating group) is 1. The fourth-order valence-electron chi connectivity index (χ4n) is 3.22. The van der Waals surface area contributed by atoms with Gasteiger partial charge in [-0.15, -0.1) is 0 Å². The number of rotatable bonds is 9. The van der Waals surface area contributed by atoms with Crippen LogP contribution in [-0.4, -0.2) is 62.3 Å². The van der Waals surface area contributed by atoms with Crippen molar-refractivity contribution in [2.24, 2.45) is 0 Å². The number of hydrogen-bond donors (Lipinski definition) is 0. The van der Waals surface area contributed by atoms with Crippen LogP contribution in [0.2, 0.25) is 5.02 Å². The zero-order chi connectivity index (χ0) is 19.2. The number of nitrogens with zero attached hydrogens (tertiary/aromatic N) is 2. The van der Waals surface area contributed by atoms with Gasteiger partial charge in [-0.25, -0.2) is 8.42 Å². The largest absolute Gasteiger partial charge is 0.337 e. The van der Waals surface area contributed by atoms with Crippen molar-refractivity contribution in [3.05, 3.63) is 34.9 Å². The SMILES string of the molecule is CN(C)CCN(Cc1ccc(Cl)cc1)C(=O)CCS(=O)(=O)C1CCCC1. The highest BCUT2D eigenvalue weighted by Crippen LogP contribution is 2.25. The fraction of sp³-hybridized carbons (Fsp3) is 0.632. The molecule has 1 aliphatic rings. The normalized spacial score (nSPS) is 15.5. The second-order valence-corrected chi connectivity index (χ2v) is 10.1. The van der Waals surface area contributed by atoms with Crippen LogP contribution in [0.1, 0.15) is 37.7 Å². The third kappa shape index (κ3) is 6.56. The van der Waals surface area contributed by atoms with E-state index < -0.39 is 9.84 Å². The molecule has 1 aromatic carbocycles. The van der Waals surface area contributed by atoms with Crippen LogP contribution >= 0.6 is 11.6 Å². The van der Waals surface area contributed by atoms with Crippen LogP contribution in [0.4, 0.5) is 0 Å². The molecular formula is C19H29ClN2O3S. The van der Waals surface area contributed by atoms with Crippen molar-refractivity contribution in [3.63, 3.8) is 0 Å². The molecule has 0 saturated heterocycles. The first kappa shape index (κ1) is 21.2. The van der Waals surface area contributed by atoms with Gasteiger partial charge in [0, 0.05) is 31.1 Å². The summed E-state index contributed by atoms with van der Waals surface area (Å²) in [6, 6.07) is 7.40. The molecular weight excluding hydrogens is 372 g/mol. The first-order valence-corrected chi connectivity index (χ1v) is 11.3. The summed E-state index contributed by atoms with van der Waals surface area (Å²) in [5.74, 6) is -0.154. The minimum absolute atomic E-state index is 0.0460. The number of hydrogen-bond acceptors (Lipinski definition) is 4. The summed E-state index contributed by atoms with van der Waals surface area (Å²) in [5.41, 5.74) is 0.986. The Hall–Kier alpha value is -1.11. The van der Waals surface area contributed by atoms with E-state index in [-0.39, 0.29) is 23.3 Å². The molecule has 1 amide bonds. The van der Waals surface area contributed by atoms with Gasteiger partial charge in [0.1, 0.15) is 0 Å². The molecule has 7 heteroatoms. The van der Waals surface area contributed by atoms with E-state index in [0.29, 0.717) is 18.1 Å². The molecule has 0 heterocycles. The van der Waals surface area contributed by atoms with Gasteiger partial charge in [0.25, 0.3) is 0 Å². The maximum absolute atomic E-state index is 12.7. The van der Waals surface area contributed by atoms with E-state index in [1.165, 1.54) is 0 Å². The Bertz CT molecular complexity index is 683. The van der Waals surface area contributed by atoms with Crippen LogP contribution in [-0.2, 0) is 21.2 Å². The molecule has 0 N–H and O–H groups in total. The zero-order valence-electron chi connectivity index (χ0n) is 15.7. The van der Waals surface area contributed by atoms with Crippen LogP contribution in [0.15, 0.2) is 24.3 Å². The van der Waals surface area contributed by atoms with Crippen molar-refractivity contribution in [2.45, 2.75) is 43.9 Å². The van der Waals surface area contributed by atoms with Crippen molar-refractivity contribution >= 4 is 27.3 Å². The lowest BCUT2D eigenvalue weighted by molar-refractivity contribution is -0.131. The van der Waals surface area contributed by atoms with Gasteiger partial charge < -0.3 is 9.80 Å². The molecule has 1 fully saturated rings. The summed E-state index contributed by atoms with van der Waals surface area (Å²) >= 11 is 5.92. The maximum atomic E-state index is 12.7. The number of halogens is 1. The molecule has 0 spiro atoms. The molecule has 0 bridgehead atoms. The van der Waals surface area contributed by atoms with E-state index in [0.717, 1.165) is 37.8 Å². The third-order valence-electron chi connectivity index (χ3n) is 4.87. The van der Waals surface area contributed by atoms with E-state index in [1.807, 2.05) is 31.1 Å². The van der Waals surface area contributed by atoms with Gasteiger partial charge in [-0.1, -0.05) is 36.6 Å². The van der Waals surface area contributed by atoms with Gasteiger partial charge in [-0.2, -0.15) is 0 Å². The summed E-state index contributed by atoms with van der Waals surface area (Å²) in [6.45, 7) is 1.76. The lowest BCUT2D eigenvalue weighted by atomic mass is 10.2. The number of benzene rings is 1. The smallest absolute Gasteiger partial charge is 0.223 e. The molecule has 0 radical (unpaired) electrons. The van der Waals surface area contributed by atoms with Gasteiger partial charge in [0.15, 0.2) is 9.84 Å². The second kappa shape index (κ2) is 9.72. The van der Waals surface area contributed by atoms with Crippen LogP contribution in [0.3, 0.4) is 0 Å². The molecule has 146 valence electrons. The van der Waals surface area contributed by atoms with Gasteiger partial charge >= 0.3 is 0 Å². The van der Waals surface area contributed by atoms with Gasteiger partial charge in [-0.3, -0.25) is 4.79 Å². The summed E-state index contributed by atoms with van der Waals surface area (Å²) in [5, 5.41) is 0.407. The lowest BCUT2D eigenvalue weighted by Gasteiger charge is -2.25. The summed E-state index contributed by atoms with van der Waals surface area (Å²) < 4.78 is 24.9. The maximum Gasteiger partial charge on any atom is 0.223 e. The van der Waals surface area contributed by atoms with E-state index in [1.54, 1.807) is 17.0 Å². The number of amides is 1. The minimum atomic E-state index is -3.17. The average molecular weight is 401 g/mol. The average Bonchev–Trinajstić information content (AvgIpc) is 3.13. The summed E-state index contributed by atoms with van der Waals surface area (Å²) in [4.78, 5) is 16.5. The Morgan fingerprint density at radius 3 is 2.31 bits per heavy atom. The highest BCUT2D eigenvalue weighted by Gasteiger charge is 2.29. The van der Waals surface area contributed by atoms with Crippen molar-refractivity contribution in [1.29, 1.82) is 0 Å². The second-order valence-electron chi connectivity index (χ2n) is 7.27. The summed E-state index contributed by atoms with van der Waals surface area (Å²) in [7, 11) is 0.734. The van der Waals surface area contributed by atoms with E-state index in [9.17, 15) is 13.2 Å². The van der Waals surface area contributed by atoms with Crippen molar-refractivity contribution in [3.8, 4) is 0 Å². The molecule has 1 aromatic rings. The Kier molecular flexibility index (Phi) is 7.92. The summed E-state index contributed by atoms with van der Waals surface area (Å²) in [6.07, 6.45) is 3.49. The third-order valence-corrected chi connectivity index (χ3v) is 7.38. The number of sulfone groups is 1. The molecule has 2 rings (SSSR count). The standard InChI is InChI=1S/C19H29ClN2O3S/c1-21(2)12-13-22(15-16-7-9-17(20)10-8-16)19(23)11-14-26(24,25)18-5-3-4-6-18/h7-10,18H,3-6,11-15H2,1-2H3. The topological polar surface area (TPSA) is 57.7 Å². The van der Waals surface area contributed by atoms with Gasteiger partial charge in [0.2, 0.25) is 5.91 Å². The van der Waals surface area contributed by atoms with E-state index in [4.69, 9.17) is 11.6 Å². The van der Waals surface area contributed by atoms with Crippen LogP contribution in [0.25, 0.3) is 0 Å². The lowest BCUT2D eigenvalue weighted by Crippen LogP contribution is -2.37. The first-order chi connectivity index (χ1) is 12.3. The predicted molar refractivity (Wildman–Crippen MR) is 106 cm³/mol. The monoisotopic (exact) mass is 400 g/mol. The van der Waals surface area contributed by atoms with Gasteiger partial charge in [0.05, 0.1) is 11.0 Å². The Balaban J connectivity index is 1.98.